The highest BCUT2D eigenvalue weighted by Gasteiger charge is 2.15. The molecule has 2 aliphatic heterocycles. The molecular formula is C21H34N4OS. The number of nitrogens with zero attached hydrogens (tertiary/aromatic N) is 2. The van der Waals surface area contributed by atoms with Crippen LogP contribution in [0.2, 0.25) is 0 Å². The Morgan fingerprint density at radius 2 is 1.85 bits per heavy atom. The summed E-state index contributed by atoms with van der Waals surface area (Å²) < 4.78 is 0. The maximum atomic E-state index is 12.3. The van der Waals surface area contributed by atoms with E-state index in [0.717, 1.165) is 50.7 Å². The van der Waals surface area contributed by atoms with Gasteiger partial charge in [-0.3, -0.25) is 4.90 Å². The van der Waals surface area contributed by atoms with E-state index in [4.69, 9.17) is 0 Å². The number of para-hydroxylation sites is 1. The number of benzene rings is 1. The van der Waals surface area contributed by atoms with Gasteiger partial charge in [-0.15, -0.1) is 0 Å². The number of anilines is 1. The van der Waals surface area contributed by atoms with Crippen molar-refractivity contribution in [3.05, 3.63) is 29.8 Å². The van der Waals surface area contributed by atoms with Gasteiger partial charge in [-0.1, -0.05) is 25.1 Å². The summed E-state index contributed by atoms with van der Waals surface area (Å²) in [6, 6.07) is 8.07. The Hall–Kier alpha value is -1.24. The van der Waals surface area contributed by atoms with Gasteiger partial charge in [-0.05, 0) is 56.4 Å². The average molecular weight is 391 g/mol. The number of thioether (sulfide) groups is 1. The molecule has 5 nitrogen and oxygen atoms in total. The summed E-state index contributed by atoms with van der Waals surface area (Å²) >= 11 is 2.02. The third-order valence-electron chi connectivity index (χ3n) is 5.58. The SMILES string of the molecule is CC1CCN(CCCNC(=O)Nc2ccccc2CN2CCSCC2)CC1. The van der Waals surface area contributed by atoms with Crippen molar-refractivity contribution in [3.63, 3.8) is 0 Å². The van der Waals surface area contributed by atoms with Crippen molar-refractivity contribution in [1.82, 2.24) is 15.1 Å². The van der Waals surface area contributed by atoms with Crippen LogP contribution in [0.1, 0.15) is 31.7 Å². The molecule has 2 fully saturated rings. The molecule has 27 heavy (non-hydrogen) atoms. The molecule has 2 N–H and O–H groups in total. The van der Waals surface area contributed by atoms with E-state index in [1.165, 1.54) is 43.0 Å². The Bertz CT molecular complexity index is 583. The van der Waals surface area contributed by atoms with E-state index in [-0.39, 0.29) is 6.03 Å². The minimum Gasteiger partial charge on any atom is -0.338 e. The zero-order valence-corrected chi connectivity index (χ0v) is 17.4. The Morgan fingerprint density at radius 3 is 2.63 bits per heavy atom. The highest BCUT2D eigenvalue weighted by molar-refractivity contribution is 7.99. The van der Waals surface area contributed by atoms with Crippen molar-refractivity contribution < 1.29 is 4.79 Å². The van der Waals surface area contributed by atoms with Crippen LogP contribution in [0.4, 0.5) is 10.5 Å². The first-order valence-corrected chi connectivity index (χ1v) is 11.5. The Balaban J connectivity index is 1.38. The minimum atomic E-state index is -0.0936. The first kappa shape index (κ1) is 20.5. The van der Waals surface area contributed by atoms with Crippen LogP contribution in [-0.2, 0) is 6.54 Å². The summed E-state index contributed by atoms with van der Waals surface area (Å²) in [6.07, 6.45) is 3.62. The predicted molar refractivity (Wildman–Crippen MR) is 116 cm³/mol. The zero-order valence-electron chi connectivity index (χ0n) is 16.6. The number of hydrogen-bond donors (Lipinski definition) is 2. The van der Waals surface area contributed by atoms with Crippen molar-refractivity contribution in [1.29, 1.82) is 0 Å². The van der Waals surface area contributed by atoms with Gasteiger partial charge in [-0.2, -0.15) is 11.8 Å². The van der Waals surface area contributed by atoms with E-state index >= 15 is 0 Å². The van der Waals surface area contributed by atoms with Gasteiger partial charge in [-0.25, -0.2) is 4.79 Å². The molecular weight excluding hydrogens is 356 g/mol. The third kappa shape index (κ3) is 7.01. The molecule has 0 aromatic heterocycles. The first-order valence-electron chi connectivity index (χ1n) is 10.4. The number of rotatable bonds is 7. The number of piperidine rings is 1. The monoisotopic (exact) mass is 390 g/mol. The molecule has 0 bridgehead atoms. The summed E-state index contributed by atoms with van der Waals surface area (Å²) in [7, 11) is 0. The third-order valence-corrected chi connectivity index (χ3v) is 6.52. The van der Waals surface area contributed by atoms with Crippen molar-refractivity contribution in [2.45, 2.75) is 32.7 Å². The van der Waals surface area contributed by atoms with Gasteiger partial charge in [0, 0.05) is 43.4 Å². The Labute approximate surface area is 168 Å². The molecule has 3 rings (SSSR count). The molecule has 0 saturated carbocycles. The lowest BCUT2D eigenvalue weighted by Gasteiger charge is -2.30. The molecule has 0 aliphatic carbocycles. The molecule has 150 valence electrons. The van der Waals surface area contributed by atoms with Crippen molar-refractivity contribution in [2.75, 3.05) is 56.1 Å². The summed E-state index contributed by atoms with van der Waals surface area (Å²) in [5, 5.41) is 6.07. The number of likely N-dealkylation sites (tertiary alicyclic amines) is 1. The number of carbonyl (C=O) groups is 1. The van der Waals surface area contributed by atoms with Gasteiger partial charge < -0.3 is 15.5 Å². The molecule has 2 saturated heterocycles. The molecule has 0 spiro atoms. The van der Waals surface area contributed by atoms with Crippen LogP contribution >= 0.6 is 11.8 Å². The number of amides is 2. The number of urea groups is 1. The lowest BCUT2D eigenvalue weighted by atomic mass is 9.99. The lowest BCUT2D eigenvalue weighted by Crippen LogP contribution is -2.36. The first-order chi connectivity index (χ1) is 13.2. The van der Waals surface area contributed by atoms with E-state index < -0.39 is 0 Å². The van der Waals surface area contributed by atoms with E-state index in [9.17, 15) is 4.79 Å². The smallest absolute Gasteiger partial charge is 0.319 e. The van der Waals surface area contributed by atoms with Crippen molar-refractivity contribution in [3.8, 4) is 0 Å². The van der Waals surface area contributed by atoms with Crippen LogP contribution in [0.5, 0.6) is 0 Å². The van der Waals surface area contributed by atoms with Gasteiger partial charge in [0.2, 0.25) is 0 Å². The molecule has 0 unspecified atom stereocenters. The zero-order chi connectivity index (χ0) is 18.9. The normalized spacial score (nSPS) is 19.7. The second-order valence-electron chi connectivity index (χ2n) is 7.80. The van der Waals surface area contributed by atoms with Crippen molar-refractivity contribution >= 4 is 23.5 Å². The van der Waals surface area contributed by atoms with Gasteiger partial charge >= 0.3 is 6.03 Å². The number of hydrogen-bond acceptors (Lipinski definition) is 4. The Kier molecular flexibility index (Phi) is 8.30. The number of carbonyl (C=O) groups excluding carboxylic acids is 1. The molecule has 0 radical (unpaired) electrons. The minimum absolute atomic E-state index is 0.0936. The Morgan fingerprint density at radius 1 is 1.11 bits per heavy atom. The van der Waals surface area contributed by atoms with Crippen LogP contribution in [0.25, 0.3) is 0 Å². The molecule has 0 atom stereocenters. The molecule has 2 heterocycles. The highest BCUT2D eigenvalue weighted by Crippen LogP contribution is 2.19. The summed E-state index contributed by atoms with van der Waals surface area (Å²) in [5.74, 6) is 3.27. The largest absolute Gasteiger partial charge is 0.338 e. The quantitative estimate of drug-likeness (QED) is 0.700. The maximum Gasteiger partial charge on any atom is 0.319 e. The molecule has 6 heteroatoms. The fourth-order valence-electron chi connectivity index (χ4n) is 3.74. The second-order valence-corrected chi connectivity index (χ2v) is 9.03. The van der Waals surface area contributed by atoms with Gasteiger partial charge in [0.15, 0.2) is 0 Å². The lowest BCUT2D eigenvalue weighted by molar-refractivity contribution is 0.190. The van der Waals surface area contributed by atoms with Gasteiger partial charge in [0.1, 0.15) is 0 Å². The summed E-state index contributed by atoms with van der Waals surface area (Å²) in [4.78, 5) is 17.3. The van der Waals surface area contributed by atoms with Crippen LogP contribution < -0.4 is 10.6 Å². The van der Waals surface area contributed by atoms with Gasteiger partial charge in [0.05, 0.1) is 0 Å². The van der Waals surface area contributed by atoms with E-state index in [0.29, 0.717) is 0 Å². The molecule has 2 amide bonds. The van der Waals surface area contributed by atoms with Crippen LogP contribution in [-0.4, -0.2) is 66.6 Å². The summed E-state index contributed by atoms with van der Waals surface area (Å²) in [5.41, 5.74) is 2.13. The highest BCUT2D eigenvalue weighted by atomic mass is 32.2. The van der Waals surface area contributed by atoms with Crippen LogP contribution in [0.3, 0.4) is 0 Å². The fraction of sp³-hybridized carbons (Fsp3) is 0.667. The topological polar surface area (TPSA) is 47.6 Å². The fourth-order valence-corrected chi connectivity index (χ4v) is 4.72. The van der Waals surface area contributed by atoms with Crippen LogP contribution in [0, 0.1) is 5.92 Å². The van der Waals surface area contributed by atoms with E-state index in [2.05, 4.69) is 39.5 Å². The molecule has 1 aromatic rings. The molecule has 2 aliphatic rings. The van der Waals surface area contributed by atoms with Crippen molar-refractivity contribution in [2.24, 2.45) is 5.92 Å². The summed E-state index contributed by atoms with van der Waals surface area (Å²) in [6.45, 7) is 9.71. The van der Waals surface area contributed by atoms with E-state index in [1.807, 2.05) is 23.9 Å². The molecule has 1 aromatic carbocycles. The second kappa shape index (κ2) is 10.9. The average Bonchev–Trinajstić information content (AvgIpc) is 2.69. The standard InChI is InChI=1S/C21H34N4OS/c1-18-7-11-24(12-8-18)10-4-9-22-21(26)23-20-6-3-2-5-19(20)17-25-13-15-27-16-14-25/h2-3,5-6,18H,4,7-17H2,1H3,(H2,22,23,26). The maximum absolute atomic E-state index is 12.3. The van der Waals surface area contributed by atoms with Gasteiger partial charge in [0.25, 0.3) is 0 Å². The van der Waals surface area contributed by atoms with E-state index in [1.54, 1.807) is 0 Å². The van der Waals surface area contributed by atoms with Crippen LogP contribution in [0.15, 0.2) is 24.3 Å². The predicted octanol–water partition coefficient (Wildman–Crippen LogP) is 3.48. The number of nitrogens with one attached hydrogen (secondary N) is 2.